The Morgan fingerprint density at radius 1 is 0.731 bits per heavy atom. The van der Waals surface area contributed by atoms with Crippen molar-refractivity contribution < 1.29 is 72.1 Å². The summed E-state index contributed by atoms with van der Waals surface area (Å²) >= 11 is 0. The topological polar surface area (TPSA) is 207 Å². The second-order valence-electron chi connectivity index (χ2n) is 15.7. The molecule has 0 aromatic rings. The summed E-state index contributed by atoms with van der Waals surface area (Å²) in [6.07, 6.45) is -5.32. The summed E-state index contributed by atoms with van der Waals surface area (Å²) in [4.78, 5) is 76.5. The number of esters is 6. The Bertz CT molecular complexity index is 1320. The number of fused-ring (bicyclic) bond motifs is 1. The second kappa shape index (κ2) is 18.9. The molecule has 0 unspecified atom stereocenters. The molecule has 0 aromatic heterocycles. The van der Waals surface area contributed by atoms with Crippen molar-refractivity contribution in [2.45, 2.75) is 138 Å². The first kappa shape index (κ1) is 44.4. The van der Waals surface area contributed by atoms with E-state index in [0.29, 0.717) is 0 Å². The van der Waals surface area contributed by atoms with E-state index < -0.39 is 109 Å². The maximum atomic E-state index is 13.3. The molecule has 0 radical (unpaired) electrons. The summed E-state index contributed by atoms with van der Waals surface area (Å²) < 4.78 is 38.6. The van der Waals surface area contributed by atoms with Gasteiger partial charge in [-0.15, -0.1) is 0 Å². The monoisotopic (exact) mass is 742 g/mol. The van der Waals surface area contributed by atoms with Gasteiger partial charge in [0.05, 0.1) is 6.26 Å². The zero-order chi connectivity index (χ0) is 39.7. The van der Waals surface area contributed by atoms with Crippen molar-refractivity contribution in [2.75, 3.05) is 13.2 Å². The molecule has 0 amide bonds. The van der Waals surface area contributed by atoms with Gasteiger partial charge in [0.25, 0.3) is 6.29 Å². The largest absolute Gasteiger partial charge is 0.462 e. The van der Waals surface area contributed by atoms with Crippen LogP contribution in [0, 0.1) is 35.5 Å². The van der Waals surface area contributed by atoms with Crippen molar-refractivity contribution in [3.05, 3.63) is 11.8 Å². The average Bonchev–Trinajstić information content (AvgIpc) is 3.21. The molecule has 2 rings (SSSR count). The van der Waals surface area contributed by atoms with Gasteiger partial charge >= 0.3 is 35.8 Å². The van der Waals surface area contributed by atoms with Gasteiger partial charge in [0.1, 0.15) is 36.4 Å². The quantitative estimate of drug-likeness (QED) is 0.152. The van der Waals surface area contributed by atoms with Crippen LogP contribution in [-0.4, -0.2) is 95.0 Å². The molecule has 2 N–H and O–H groups in total. The highest BCUT2D eigenvalue weighted by Gasteiger charge is 2.70. The summed E-state index contributed by atoms with van der Waals surface area (Å²) in [5, 5.41) is 24.7. The van der Waals surface area contributed by atoms with Gasteiger partial charge in [-0.05, 0) is 17.8 Å². The van der Waals surface area contributed by atoms with Crippen LogP contribution in [0.25, 0.3) is 0 Å². The predicted molar refractivity (Wildman–Crippen MR) is 182 cm³/mol. The lowest BCUT2D eigenvalue weighted by Gasteiger charge is -2.44. The number of hydrogen-bond donors (Lipinski definition) is 2. The van der Waals surface area contributed by atoms with Gasteiger partial charge < -0.3 is 43.4 Å². The molecule has 0 aromatic carbocycles. The van der Waals surface area contributed by atoms with Crippen LogP contribution >= 0.6 is 0 Å². The minimum atomic E-state index is -2.46. The molecule has 1 saturated carbocycles. The first-order valence-electron chi connectivity index (χ1n) is 17.9. The van der Waals surface area contributed by atoms with Crippen LogP contribution < -0.4 is 0 Å². The van der Waals surface area contributed by atoms with E-state index in [2.05, 4.69) is 0 Å². The van der Waals surface area contributed by atoms with Gasteiger partial charge in [0.2, 0.25) is 12.2 Å². The summed E-state index contributed by atoms with van der Waals surface area (Å²) in [5.74, 6) is -7.61. The maximum absolute atomic E-state index is 13.3. The van der Waals surface area contributed by atoms with Crippen molar-refractivity contribution in [3.63, 3.8) is 0 Å². The lowest BCUT2D eigenvalue weighted by Crippen LogP contribution is -2.60. The van der Waals surface area contributed by atoms with E-state index in [1.165, 1.54) is 0 Å². The van der Waals surface area contributed by atoms with Crippen LogP contribution in [0.2, 0.25) is 0 Å². The molecule has 15 heteroatoms. The Kier molecular flexibility index (Phi) is 16.1. The third-order valence-corrected chi connectivity index (χ3v) is 8.57. The van der Waals surface area contributed by atoms with Crippen molar-refractivity contribution in [1.29, 1.82) is 0 Å². The van der Waals surface area contributed by atoms with Gasteiger partial charge in [0.15, 0.2) is 0 Å². The molecule has 0 saturated heterocycles. The van der Waals surface area contributed by atoms with E-state index in [1.807, 2.05) is 27.7 Å². The molecule has 15 nitrogen and oxygen atoms in total. The minimum absolute atomic E-state index is 0.0173. The van der Waals surface area contributed by atoms with Crippen LogP contribution in [0.1, 0.15) is 102 Å². The molecule has 52 heavy (non-hydrogen) atoms. The molecule has 7 atom stereocenters. The van der Waals surface area contributed by atoms with Crippen molar-refractivity contribution in [1.82, 2.24) is 0 Å². The third-order valence-electron chi connectivity index (χ3n) is 8.57. The number of ether oxygens (including phenoxy) is 7. The van der Waals surface area contributed by atoms with E-state index in [9.17, 15) is 39.0 Å². The number of carbonyl (C=O) groups is 6. The Balaban J connectivity index is 2.50. The van der Waals surface area contributed by atoms with Gasteiger partial charge in [-0.3, -0.25) is 19.2 Å². The maximum Gasteiger partial charge on any atom is 0.348 e. The second-order valence-corrected chi connectivity index (χ2v) is 15.7. The fourth-order valence-electron chi connectivity index (χ4n) is 6.07. The fraction of sp³-hybridized carbons (Fsp3) is 0.784. The molecule has 1 aliphatic heterocycles. The molecule has 1 aliphatic carbocycles. The molecule has 1 fully saturated rings. The minimum Gasteiger partial charge on any atom is -0.462 e. The van der Waals surface area contributed by atoms with Crippen LogP contribution in [0.4, 0.5) is 0 Å². The van der Waals surface area contributed by atoms with Crippen LogP contribution in [-0.2, 0) is 61.9 Å². The molecular formula is C37H58O15. The number of aliphatic hydroxyl groups is 2. The summed E-state index contributed by atoms with van der Waals surface area (Å²) in [6.45, 7) is 16.9. The van der Waals surface area contributed by atoms with Crippen molar-refractivity contribution in [2.24, 2.45) is 35.5 Å². The molecule has 0 bridgehead atoms. The summed E-state index contributed by atoms with van der Waals surface area (Å²) in [5.41, 5.74) is -4.80. The van der Waals surface area contributed by atoms with Gasteiger partial charge in [0, 0.05) is 50.0 Å². The van der Waals surface area contributed by atoms with Crippen LogP contribution in [0.3, 0.4) is 0 Å². The molecule has 296 valence electrons. The fourth-order valence-corrected chi connectivity index (χ4v) is 6.07. The zero-order valence-corrected chi connectivity index (χ0v) is 32.3. The average molecular weight is 743 g/mol. The standard InChI is InChI=1S/C37H58O15/c1-19(2)12-27(39)50-30(22(7)8)33(42)46-16-25-17-47-35(52-29(41)14-21(5)6)32-36(25,44)15-26(49-24(11)38)37(32,45)18-48-34(43)31(23(9)10)51-28(40)13-20(3)4/h17,19-23,26,30-32,35,44-45H,12-16,18H2,1-11H3/t26-,30+,31+,32-,35-,36-,37+/m0/s1. The van der Waals surface area contributed by atoms with E-state index in [4.69, 9.17) is 33.2 Å². The zero-order valence-electron chi connectivity index (χ0n) is 32.3. The van der Waals surface area contributed by atoms with Gasteiger partial charge in [-0.25, -0.2) is 9.59 Å². The number of rotatable bonds is 18. The first-order valence-corrected chi connectivity index (χ1v) is 17.9. The summed E-state index contributed by atoms with van der Waals surface area (Å²) in [7, 11) is 0. The Hall–Kier alpha value is -3.72. The lowest BCUT2D eigenvalue weighted by molar-refractivity contribution is -0.242. The Morgan fingerprint density at radius 3 is 1.63 bits per heavy atom. The highest BCUT2D eigenvalue weighted by atomic mass is 16.7. The predicted octanol–water partition coefficient (Wildman–Crippen LogP) is 3.54. The number of hydrogen-bond acceptors (Lipinski definition) is 15. The molecule has 1 heterocycles. The number of carbonyl (C=O) groups excluding carboxylic acids is 6. The normalized spacial score (nSPS) is 25.2. The Morgan fingerprint density at radius 2 is 1.19 bits per heavy atom. The van der Waals surface area contributed by atoms with E-state index >= 15 is 0 Å². The molecule has 2 aliphatic rings. The van der Waals surface area contributed by atoms with Crippen molar-refractivity contribution in [3.8, 4) is 0 Å². The van der Waals surface area contributed by atoms with Crippen molar-refractivity contribution >= 4 is 35.8 Å². The first-order chi connectivity index (χ1) is 24.0. The Labute approximate surface area is 306 Å². The molecule has 0 spiro atoms. The lowest BCUT2D eigenvalue weighted by atomic mass is 9.77. The third kappa shape index (κ3) is 11.9. The highest BCUT2D eigenvalue weighted by Crippen LogP contribution is 2.53. The smallest absolute Gasteiger partial charge is 0.348 e. The summed E-state index contributed by atoms with van der Waals surface area (Å²) in [6, 6.07) is 0. The van der Waals surface area contributed by atoms with Crippen LogP contribution in [0.5, 0.6) is 0 Å². The van der Waals surface area contributed by atoms with E-state index in [-0.39, 0.29) is 42.6 Å². The molecular weight excluding hydrogens is 684 g/mol. The highest BCUT2D eigenvalue weighted by molar-refractivity contribution is 5.80. The van der Waals surface area contributed by atoms with Gasteiger partial charge in [-0.2, -0.15) is 0 Å². The van der Waals surface area contributed by atoms with E-state index in [1.54, 1.807) is 41.5 Å². The SMILES string of the molecule is CC(=O)O[C@H]1C[C@]2(O)C(COC(=O)[C@H](OC(=O)CC(C)C)C(C)C)=CO[C@@H](OC(=O)CC(C)C)[C@@H]2[C@@]1(O)COC(=O)[C@H](OC(=O)CC(C)C)C(C)C. The van der Waals surface area contributed by atoms with Crippen LogP contribution in [0.15, 0.2) is 11.8 Å². The van der Waals surface area contributed by atoms with E-state index in [0.717, 1.165) is 13.2 Å². The van der Waals surface area contributed by atoms with Gasteiger partial charge in [-0.1, -0.05) is 69.2 Å².